The first kappa shape index (κ1) is 14.5. The fourth-order valence-corrected chi connectivity index (χ4v) is 1.72. The van der Waals surface area contributed by atoms with Gasteiger partial charge in [0, 0.05) is 16.8 Å². The molecule has 0 heterocycles. The number of amidine groups is 1. The van der Waals surface area contributed by atoms with Crippen LogP contribution in [0.25, 0.3) is 0 Å². The number of hydrogen-bond acceptors (Lipinski definition) is 3. The first-order valence-corrected chi connectivity index (χ1v) is 6.16. The Kier molecular flexibility index (Phi) is 4.18. The second kappa shape index (κ2) is 6.04. The predicted molar refractivity (Wildman–Crippen MR) is 78.0 cm³/mol. The first-order valence-electron chi connectivity index (χ1n) is 6.16. The molecular formula is C15H14FN3O2. The molecule has 0 atom stereocenters. The van der Waals surface area contributed by atoms with Crippen LogP contribution in [0.3, 0.4) is 0 Å². The Labute approximate surface area is 120 Å². The third-order valence-corrected chi connectivity index (χ3v) is 2.98. The molecule has 0 saturated heterocycles. The van der Waals surface area contributed by atoms with Crippen LogP contribution >= 0.6 is 0 Å². The molecule has 0 saturated carbocycles. The van der Waals surface area contributed by atoms with Gasteiger partial charge in [0.1, 0.15) is 5.82 Å². The minimum Gasteiger partial charge on any atom is -0.409 e. The van der Waals surface area contributed by atoms with Gasteiger partial charge in [-0.15, -0.1) is 0 Å². The average Bonchev–Trinajstić information content (AvgIpc) is 2.50. The smallest absolute Gasteiger partial charge is 0.255 e. The van der Waals surface area contributed by atoms with Crippen LogP contribution in [-0.4, -0.2) is 17.0 Å². The van der Waals surface area contributed by atoms with Crippen molar-refractivity contribution in [2.24, 2.45) is 10.9 Å². The molecule has 1 amide bonds. The number of nitrogens with one attached hydrogen (secondary N) is 1. The van der Waals surface area contributed by atoms with Gasteiger partial charge < -0.3 is 16.3 Å². The predicted octanol–water partition coefficient (Wildman–Crippen LogP) is 2.48. The molecule has 108 valence electrons. The van der Waals surface area contributed by atoms with E-state index < -0.39 is 11.7 Å². The van der Waals surface area contributed by atoms with Crippen LogP contribution in [0.2, 0.25) is 0 Å². The molecule has 0 aliphatic heterocycles. The zero-order valence-corrected chi connectivity index (χ0v) is 11.3. The molecule has 0 fully saturated rings. The molecule has 0 radical (unpaired) electrons. The number of nitrogens with two attached hydrogens (primary N) is 1. The summed E-state index contributed by atoms with van der Waals surface area (Å²) in [6.45, 7) is 1.63. The van der Waals surface area contributed by atoms with Crippen LogP contribution in [-0.2, 0) is 0 Å². The molecule has 2 aromatic rings. The molecule has 0 unspecified atom stereocenters. The molecule has 21 heavy (non-hydrogen) atoms. The maximum Gasteiger partial charge on any atom is 0.255 e. The molecule has 5 nitrogen and oxygen atoms in total. The Morgan fingerprint density at radius 1 is 1.19 bits per heavy atom. The van der Waals surface area contributed by atoms with Crippen molar-refractivity contribution in [1.29, 1.82) is 0 Å². The Hall–Kier alpha value is -2.89. The number of nitrogens with zero attached hydrogens (tertiary/aromatic N) is 1. The molecule has 0 bridgehead atoms. The summed E-state index contributed by atoms with van der Waals surface area (Å²) < 4.78 is 13.4. The van der Waals surface area contributed by atoms with Crippen molar-refractivity contribution in [3.63, 3.8) is 0 Å². The third-order valence-electron chi connectivity index (χ3n) is 2.98. The zero-order valence-electron chi connectivity index (χ0n) is 11.3. The van der Waals surface area contributed by atoms with Gasteiger partial charge in [-0.05, 0) is 48.9 Å². The normalized spacial score (nSPS) is 11.2. The van der Waals surface area contributed by atoms with Crippen LogP contribution in [0.1, 0.15) is 21.5 Å². The summed E-state index contributed by atoms with van der Waals surface area (Å²) in [6, 6.07) is 10.7. The van der Waals surface area contributed by atoms with Crippen molar-refractivity contribution in [3.8, 4) is 0 Å². The number of anilines is 1. The second-order valence-corrected chi connectivity index (χ2v) is 4.48. The lowest BCUT2D eigenvalue weighted by Crippen LogP contribution is -2.14. The molecule has 4 N–H and O–H groups in total. The SMILES string of the molecule is Cc1ccc(C(=O)Nc2ccc(/C(N)=N/O)cc2)cc1F. The Morgan fingerprint density at radius 2 is 1.81 bits per heavy atom. The molecular weight excluding hydrogens is 273 g/mol. The van der Waals surface area contributed by atoms with E-state index in [1.165, 1.54) is 6.07 Å². The number of hydrogen-bond donors (Lipinski definition) is 3. The van der Waals surface area contributed by atoms with E-state index in [1.807, 2.05) is 0 Å². The van der Waals surface area contributed by atoms with E-state index >= 15 is 0 Å². The monoisotopic (exact) mass is 287 g/mol. The standard InChI is InChI=1S/C15H14FN3O2/c1-9-2-3-11(8-13(9)16)15(20)18-12-6-4-10(5-7-12)14(17)19-21/h2-8,21H,1H3,(H2,17,19)(H,18,20). The third kappa shape index (κ3) is 3.36. The lowest BCUT2D eigenvalue weighted by Gasteiger charge is -2.07. The number of carbonyl (C=O) groups is 1. The van der Waals surface area contributed by atoms with Crippen LogP contribution < -0.4 is 11.1 Å². The van der Waals surface area contributed by atoms with Gasteiger partial charge in [-0.25, -0.2) is 4.39 Å². The van der Waals surface area contributed by atoms with Crippen LogP contribution in [0.5, 0.6) is 0 Å². The highest BCUT2D eigenvalue weighted by Crippen LogP contribution is 2.13. The van der Waals surface area contributed by atoms with E-state index in [-0.39, 0.29) is 11.4 Å². The molecule has 0 spiro atoms. The summed E-state index contributed by atoms with van der Waals surface area (Å²) >= 11 is 0. The van der Waals surface area contributed by atoms with Crippen molar-refractivity contribution in [2.75, 3.05) is 5.32 Å². The number of carbonyl (C=O) groups excluding carboxylic acids is 1. The van der Waals surface area contributed by atoms with Crippen molar-refractivity contribution >= 4 is 17.4 Å². The number of amides is 1. The minimum atomic E-state index is -0.426. The highest BCUT2D eigenvalue weighted by atomic mass is 19.1. The Balaban J connectivity index is 2.14. The molecule has 6 heteroatoms. The number of oxime groups is 1. The Bertz CT molecular complexity index is 697. The summed E-state index contributed by atoms with van der Waals surface area (Å²) in [5.74, 6) is -0.858. The van der Waals surface area contributed by atoms with E-state index in [1.54, 1.807) is 43.3 Å². The molecule has 2 aromatic carbocycles. The number of aryl methyl sites for hydroxylation is 1. The lowest BCUT2D eigenvalue weighted by molar-refractivity contribution is 0.102. The largest absolute Gasteiger partial charge is 0.409 e. The van der Waals surface area contributed by atoms with Crippen LogP contribution in [0, 0.1) is 12.7 Å². The van der Waals surface area contributed by atoms with Gasteiger partial charge in [-0.3, -0.25) is 4.79 Å². The van der Waals surface area contributed by atoms with E-state index in [9.17, 15) is 9.18 Å². The van der Waals surface area contributed by atoms with Gasteiger partial charge >= 0.3 is 0 Å². The van der Waals surface area contributed by atoms with Gasteiger partial charge in [0.05, 0.1) is 0 Å². The van der Waals surface area contributed by atoms with Crippen LogP contribution in [0.4, 0.5) is 10.1 Å². The van der Waals surface area contributed by atoms with Gasteiger partial charge in [0.15, 0.2) is 5.84 Å². The summed E-state index contributed by atoms with van der Waals surface area (Å²) in [5, 5.41) is 14.1. The summed E-state index contributed by atoms with van der Waals surface area (Å²) in [4.78, 5) is 12.0. The van der Waals surface area contributed by atoms with E-state index in [4.69, 9.17) is 10.9 Å². The summed E-state index contributed by atoms with van der Waals surface area (Å²) in [7, 11) is 0. The zero-order chi connectivity index (χ0) is 15.4. The fraction of sp³-hybridized carbons (Fsp3) is 0.0667. The molecule has 0 aliphatic rings. The second-order valence-electron chi connectivity index (χ2n) is 4.48. The minimum absolute atomic E-state index is 0.0199. The highest BCUT2D eigenvalue weighted by Gasteiger charge is 2.09. The summed E-state index contributed by atoms with van der Waals surface area (Å²) in [6.07, 6.45) is 0. The molecule has 2 rings (SSSR count). The molecule has 0 aromatic heterocycles. The van der Waals surface area contributed by atoms with Crippen molar-refractivity contribution in [2.45, 2.75) is 6.92 Å². The highest BCUT2D eigenvalue weighted by molar-refractivity contribution is 6.04. The van der Waals surface area contributed by atoms with Gasteiger partial charge in [-0.1, -0.05) is 11.2 Å². The van der Waals surface area contributed by atoms with Gasteiger partial charge in [0.25, 0.3) is 5.91 Å². The summed E-state index contributed by atoms with van der Waals surface area (Å²) in [5.41, 5.74) is 7.20. The molecule has 0 aliphatic carbocycles. The van der Waals surface area contributed by atoms with Crippen molar-refractivity contribution in [3.05, 3.63) is 65.0 Å². The average molecular weight is 287 g/mol. The topological polar surface area (TPSA) is 87.7 Å². The number of benzene rings is 2. The number of halogens is 1. The van der Waals surface area contributed by atoms with E-state index in [2.05, 4.69) is 10.5 Å². The van der Waals surface area contributed by atoms with E-state index in [0.717, 1.165) is 0 Å². The van der Waals surface area contributed by atoms with Crippen LogP contribution in [0.15, 0.2) is 47.6 Å². The van der Waals surface area contributed by atoms with Crippen molar-refractivity contribution < 1.29 is 14.4 Å². The quantitative estimate of drug-likeness (QED) is 0.351. The maximum absolute atomic E-state index is 13.4. The van der Waals surface area contributed by atoms with Gasteiger partial charge in [-0.2, -0.15) is 0 Å². The van der Waals surface area contributed by atoms with E-state index in [0.29, 0.717) is 16.8 Å². The Morgan fingerprint density at radius 3 is 2.38 bits per heavy atom. The number of rotatable bonds is 3. The van der Waals surface area contributed by atoms with Crippen molar-refractivity contribution in [1.82, 2.24) is 0 Å². The lowest BCUT2D eigenvalue weighted by atomic mass is 10.1. The first-order chi connectivity index (χ1) is 10.0. The van der Waals surface area contributed by atoms with Gasteiger partial charge in [0.2, 0.25) is 0 Å². The fourth-order valence-electron chi connectivity index (χ4n) is 1.72. The maximum atomic E-state index is 13.4.